The zero-order chi connectivity index (χ0) is 24.7. The highest BCUT2D eigenvalue weighted by molar-refractivity contribution is 7.89. The number of carbonyl (C=O) groups excluding carboxylic acids is 2. The van der Waals surface area contributed by atoms with Crippen molar-refractivity contribution in [2.24, 2.45) is 5.92 Å². The zero-order valence-corrected chi connectivity index (χ0v) is 20.9. The molecule has 1 fully saturated rings. The van der Waals surface area contributed by atoms with Gasteiger partial charge in [-0.15, -0.1) is 0 Å². The lowest BCUT2D eigenvalue weighted by Gasteiger charge is -2.30. The molecule has 0 bridgehead atoms. The molecule has 34 heavy (non-hydrogen) atoms. The Hall–Kier alpha value is -2.75. The van der Waals surface area contributed by atoms with E-state index in [4.69, 9.17) is 0 Å². The average molecular weight is 487 g/mol. The Kier molecular flexibility index (Phi) is 8.82. The Morgan fingerprint density at radius 2 is 1.53 bits per heavy atom. The van der Waals surface area contributed by atoms with Gasteiger partial charge in [0.05, 0.1) is 4.90 Å². The maximum atomic E-state index is 12.8. The molecule has 2 N–H and O–H groups in total. The van der Waals surface area contributed by atoms with Crippen LogP contribution in [0.2, 0.25) is 0 Å². The Morgan fingerprint density at radius 1 is 0.941 bits per heavy atom. The van der Waals surface area contributed by atoms with E-state index in [0.29, 0.717) is 18.4 Å². The molecule has 8 nitrogen and oxygen atoms in total. The second-order valence-electron chi connectivity index (χ2n) is 8.59. The third kappa shape index (κ3) is 6.43. The van der Waals surface area contributed by atoms with Gasteiger partial charge >= 0.3 is 0 Å². The standard InChI is InChI=1S/C25H34N4O4S/c1-4-28(5-2)18-20-8-10-21(11-9-20)24(30)26-27-25(31)22-14-16-29(17-15-22)34(32,33)23-12-6-19(3)7-13-23/h6-13,22H,4-5,14-18H2,1-3H3,(H,26,30)(H,27,31). The number of amides is 2. The number of aryl methyl sites for hydroxylation is 1. The Labute approximate surface area is 202 Å². The highest BCUT2D eigenvalue weighted by atomic mass is 32.2. The van der Waals surface area contributed by atoms with Gasteiger partial charge in [-0.05, 0) is 62.7 Å². The molecule has 2 aromatic carbocycles. The van der Waals surface area contributed by atoms with Gasteiger partial charge in [0.25, 0.3) is 5.91 Å². The minimum Gasteiger partial charge on any atom is -0.300 e. The summed E-state index contributed by atoms with van der Waals surface area (Å²) >= 11 is 0. The van der Waals surface area contributed by atoms with E-state index >= 15 is 0 Å². The van der Waals surface area contributed by atoms with Crippen molar-refractivity contribution >= 4 is 21.8 Å². The van der Waals surface area contributed by atoms with E-state index in [2.05, 4.69) is 29.6 Å². The number of sulfonamides is 1. The van der Waals surface area contributed by atoms with E-state index in [0.717, 1.165) is 30.8 Å². The number of piperidine rings is 1. The number of hydrazine groups is 1. The molecule has 0 unspecified atom stereocenters. The highest BCUT2D eigenvalue weighted by Gasteiger charge is 2.32. The van der Waals surface area contributed by atoms with Crippen LogP contribution in [0.1, 0.15) is 48.2 Å². The van der Waals surface area contributed by atoms with Crippen molar-refractivity contribution in [1.29, 1.82) is 0 Å². The van der Waals surface area contributed by atoms with Gasteiger partial charge in [0.1, 0.15) is 0 Å². The van der Waals surface area contributed by atoms with Gasteiger partial charge in [0.2, 0.25) is 15.9 Å². The molecule has 2 amide bonds. The van der Waals surface area contributed by atoms with Crippen molar-refractivity contribution in [3.63, 3.8) is 0 Å². The van der Waals surface area contributed by atoms with Gasteiger partial charge in [-0.2, -0.15) is 4.31 Å². The van der Waals surface area contributed by atoms with Crippen LogP contribution in [-0.4, -0.2) is 55.6 Å². The number of carbonyl (C=O) groups is 2. The van der Waals surface area contributed by atoms with Gasteiger partial charge < -0.3 is 0 Å². The molecule has 1 aliphatic rings. The lowest BCUT2D eigenvalue weighted by atomic mass is 9.98. The summed E-state index contributed by atoms with van der Waals surface area (Å²) in [4.78, 5) is 27.5. The highest BCUT2D eigenvalue weighted by Crippen LogP contribution is 2.24. The quantitative estimate of drug-likeness (QED) is 0.559. The van der Waals surface area contributed by atoms with Crippen LogP contribution in [0, 0.1) is 12.8 Å². The first-order chi connectivity index (χ1) is 16.2. The predicted octanol–water partition coefficient (Wildman–Crippen LogP) is 2.70. The summed E-state index contributed by atoms with van der Waals surface area (Å²) < 4.78 is 27.1. The smallest absolute Gasteiger partial charge is 0.269 e. The summed E-state index contributed by atoms with van der Waals surface area (Å²) in [6.45, 7) is 9.39. The minimum atomic E-state index is -3.58. The monoisotopic (exact) mass is 486 g/mol. The predicted molar refractivity (Wildman–Crippen MR) is 131 cm³/mol. The van der Waals surface area contributed by atoms with Crippen LogP contribution in [-0.2, 0) is 21.4 Å². The van der Waals surface area contributed by atoms with Crippen molar-refractivity contribution in [1.82, 2.24) is 20.1 Å². The second-order valence-corrected chi connectivity index (χ2v) is 10.5. The third-order valence-corrected chi connectivity index (χ3v) is 8.21. The van der Waals surface area contributed by atoms with Crippen molar-refractivity contribution in [3.05, 3.63) is 65.2 Å². The molecular weight excluding hydrogens is 452 g/mol. The summed E-state index contributed by atoms with van der Waals surface area (Å²) in [5.41, 5.74) is 7.54. The Balaban J connectivity index is 1.48. The molecule has 3 rings (SSSR count). The molecular formula is C25H34N4O4S. The normalized spacial score (nSPS) is 15.3. The van der Waals surface area contributed by atoms with E-state index in [1.165, 1.54) is 4.31 Å². The van der Waals surface area contributed by atoms with Crippen molar-refractivity contribution in [2.45, 2.75) is 45.1 Å². The number of nitrogens with one attached hydrogen (secondary N) is 2. The van der Waals surface area contributed by atoms with Gasteiger partial charge in [-0.1, -0.05) is 43.7 Å². The van der Waals surface area contributed by atoms with E-state index in [1.807, 2.05) is 19.1 Å². The molecule has 0 atom stereocenters. The first-order valence-corrected chi connectivity index (χ1v) is 13.2. The third-order valence-electron chi connectivity index (χ3n) is 6.30. The van der Waals surface area contributed by atoms with Crippen LogP contribution in [0.4, 0.5) is 0 Å². The van der Waals surface area contributed by atoms with Crippen molar-refractivity contribution < 1.29 is 18.0 Å². The topological polar surface area (TPSA) is 98.8 Å². The van der Waals surface area contributed by atoms with Crippen molar-refractivity contribution in [3.8, 4) is 0 Å². The summed E-state index contributed by atoms with van der Waals surface area (Å²) in [5.74, 6) is -1.05. The zero-order valence-electron chi connectivity index (χ0n) is 20.1. The molecule has 1 aliphatic heterocycles. The lowest BCUT2D eigenvalue weighted by molar-refractivity contribution is -0.126. The van der Waals surface area contributed by atoms with E-state index in [-0.39, 0.29) is 35.7 Å². The summed E-state index contributed by atoms with van der Waals surface area (Å²) in [7, 11) is -3.58. The first kappa shape index (κ1) is 25.9. The number of hydrogen-bond donors (Lipinski definition) is 2. The van der Waals surface area contributed by atoms with Crippen LogP contribution in [0.3, 0.4) is 0 Å². The van der Waals surface area contributed by atoms with Crippen LogP contribution in [0.15, 0.2) is 53.4 Å². The van der Waals surface area contributed by atoms with E-state index in [9.17, 15) is 18.0 Å². The Morgan fingerprint density at radius 3 is 2.09 bits per heavy atom. The van der Waals surface area contributed by atoms with E-state index in [1.54, 1.807) is 36.4 Å². The van der Waals surface area contributed by atoms with Crippen LogP contribution < -0.4 is 10.9 Å². The fraction of sp³-hybridized carbons (Fsp3) is 0.440. The van der Waals surface area contributed by atoms with Crippen LogP contribution >= 0.6 is 0 Å². The lowest BCUT2D eigenvalue weighted by Crippen LogP contribution is -2.48. The number of rotatable bonds is 8. The maximum Gasteiger partial charge on any atom is 0.269 e. The molecule has 2 aromatic rings. The Bertz CT molecular complexity index is 1070. The van der Waals surface area contributed by atoms with Gasteiger partial charge in [0.15, 0.2) is 0 Å². The fourth-order valence-corrected chi connectivity index (χ4v) is 5.45. The molecule has 1 heterocycles. The molecule has 0 saturated carbocycles. The summed E-state index contributed by atoms with van der Waals surface area (Å²) in [6, 6.07) is 14.1. The molecule has 184 valence electrons. The molecule has 0 aliphatic carbocycles. The SMILES string of the molecule is CCN(CC)Cc1ccc(C(=O)NNC(=O)C2CCN(S(=O)(=O)c3ccc(C)cc3)CC2)cc1. The molecule has 1 saturated heterocycles. The average Bonchev–Trinajstić information content (AvgIpc) is 2.86. The fourth-order valence-electron chi connectivity index (χ4n) is 3.98. The number of nitrogens with zero attached hydrogens (tertiary/aromatic N) is 2. The molecule has 0 spiro atoms. The van der Waals surface area contributed by atoms with Crippen LogP contribution in [0.5, 0.6) is 0 Å². The van der Waals surface area contributed by atoms with Gasteiger partial charge in [-0.25, -0.2) is 8.42 Å². The largest absolute Gasteiger partial charge is 0.300 e. The number of hydrogen-bond acceptors (Lipinski definition) is 5. The second kappa shape index (κ2) is 11.6. The summed E-state index contributed by atoms with van der Waals surface area (Å²) in [5, 5.41) is 0. The summed E-state index contributed by atoms with van der Waals surface area (Å²) in [6.07, 6.45) is 0.791. The van der Waals surface area contributed by atoms with Gasteiger partial charge in [0, 0.05) is 31.1 Å². The maximum absolute atomic E-state index is 12.8. The number of benzene rings is 2. The van der Waals surface area contributed by atoms with Crippen LogP contribution in [0.25, 0.3) is 0 Å². The first-order valence-electron chi connectivity index (χ1n) is 11.7. The minimum absolute atomic E-state index is 0.260. The molecule has 9 heteroatoms. The van der Waals surface area contributed by atoms with Gasteiger partial charge in [-0.3, -0.25) is 25.3 Å². The molecule has 0 aromatic heterocycles. The van der Waals surface area contributed by atoms with Crippen molar-refractivity contribution in [2.75, 3.05) is 26.2 Å². The van der Waals surface area contributed by atoms with E-state index < -0.39 is 10.0 Å². The molecule has 0 radical (unpaired) electrons.